The van der Waals surface area contributed by atoms with Crippen molar-refractivity contribution in [3.63, 3.8) is 0 Å². The highest BCUT2D eigenvalue weighted by atomic mass is 32.2. The van der Waals surface area contributed by atoms with E-state index in [0.717, 1.165) is 9.76 Å². The lowest BCUT2D eigenvalue weighted by Crippen LogP contribution is -2.29. The van der Waals surface area contributed by atoms with Crippen molar-refractivity contribution < 1.29 is 9.53 Å². The van der Waals surface area contributed by atoms with Crippen molar-refractivity contribution in [2.24, 2.45) is 5.41 Å². The van der Waals surface area contributed by atoms with Crippen molar-refractivity contribution in [2.75, 3.05) is 12.4 Å². The van der Waals surface area contributed by atoms with Gasteiger partial charge < -0.3 is 4.74 Å². The number of thiocarbonyl (C=S) groups is 1. The highest BCUT2D eigenvalue weighted by molar-refractivity contribution is 8.23. The highest BCUT2D eigenvalue weighted by Gasteiger charge is 2.29. The van der Waals surface area contributed by atoms with Crippen molar-refractivity contribution in [2.45, 2.75) is 20.8 Å². The molecule has 0 saturated heterocycles. The molecule has 1 aromatic carbocycles. The number of ether oxygens (including phenoxy) is 1. The van der Waals surface area contributed by atoms with E-state index in [1.165, 1.54) is 11.8 Å². The third-order valence-corrected chi connectivity index (χ3v) is 4.35. The van der Waals surface area contributed by atoms with Gasteiger partial charge in [-0.15, -0.1) is 11.8 Å². The number of esters is 1. The highest BCUT2D eigenvalue weighted by Crippen LogP contribution is 2.26. The minimum absolute atomic E-state index is 0.173. The van der Waals surface area contributed by atoms with Crippen molar-refractivity contribution in [3.05, 3.63) is 35.9 Å². The fraction of sp³-hybridized carbons (Fsp3) is 0.429. The van der Waals surface area contributed by atoms with Crippen LogP contribution in [0.25, 0.3) is 0 Å². The predicted molar refractivity (Wildman–Crippen MR) is 81.0 cm³/mol. The zero-order chi connectivity index (χ0) is 13.6. The summed E-state index contributed by atoms with van der Waals surface area (Å²) in [6.07, 6.45) is 0. The van der Waals surface area contributed by atoms with Gasteiger partial charge >= 0.3 is 5.97 Å². The lowest BCUT2D eigenvalue weighted by atomic mass is 9.97. The summed E-state index contributed by atoms with van der Waals surface area (Å²) in [7, 11) is 0. The van der Waals surface area contributed by atoms with Crippen LogP contribution >= 0.6 is 24.0 Å². The van der Waals surface area contributed by atoms with Crippen LogP contribution in [0.15, 0.2) is 30.3 Å². The summed E-state index contributed by atoms with van der Waals surface area (Å²) in [6, 6.07) is 9.83. The van der Waals surface area contributed by atoms with Crippen LogP contribution in [0.4, 0.5) is 0 Å². The van der Waals surface area contributed by atoms with Gasteiger partial charge in [-0.3, -0.25) is 4.79 Å². The summed E-state index contributed by atoms with van der Waals surface area (Å²) in [5.74, 6) is 0.452. The first-order valence-electron chi connectivity index (χ1n) is 5.87. The van der Waals surface area contributed by atoms with E-state index in [1.807, 2.05) is 51.1 Å². The van der Waals surface area contributed by atoms with Gasteiger partial charge in [-0.25, -0.2) is 0 Å². The Hall–Kier alpha value is -0.870. The van der Waals surface area contributed by atoms with Gasteiger partial charge in [0.2, 0.25) is 0 Å². The summed E-state index contributed by atoms with van der Waals surface area (Å²) in [4.78, 5) is 11.7. The SMILES string of the molecule is CCOC(=O)C(C)(C)CSC(=S)c1ccccc1. The second-order valence-electron chi connectivity index (χ2n) is 4.55. The van der Waals surface area contributed by atoms with Gasteiger partial charge in [0.1, 0.15) is 0 Å². The van der Waals surface area contributed by atoms with Crippen LogP contribution in [0.2, 0.25) is 0 Å². The van der Waals surface area contributed by atoms with Gasteiger partial charge in [-0.2, -0.15) is 0 Å². The molecule has 4 heteroatoms. The van der Waals surface area contributed by atoms with E-state index in [2.05, 4.69) is 0 Å². The normalized spacial score (nSPS) is 11.1. The van der Waals surface area contributed by atoms with Crippen LogP contribution < -0.4 is 0 Å². The van der Waals surface area contributed by atoms with Gasteiger partial charge in [-0.1, -0.05) is 42.5 Å². The molecule has 0 spiro atoms. The van der Waals surface area contributed by atoms with Crippen molar-refractivity contribution in [1.82, 2.24) is 0 Å². The summed E-state index contributed by atoms with van der Waals surface area (Å²) in [6.45, 7) is 5.99. The second kappa shape index (κ2) is 6.90. The summed E-state index contributed by atoms with van der Waals surface area (Å²) in [5.41, 5.74) is 0.511. The second-order valence-corrected chi connectivity index (χ2v) is 6.20. The zero-order valence-corrected chi connectivity index (χ0v) is 12.6. The van der Waals surface area contributed by atoms with Crippen molar-refractivity contribution in [3.8, 4) is 0 Å². The molecule has 0 aromatic heterocycles. The van der Waals surface area contributed by atoms with Crippen LogP contribution in [0, 0.1) is 5.41 Å². The van der Waals surface area contributed by atoms with Crippen LogP contribution in [-0.4, -0.2) is 22.5 Å². The molecule has 1 aromatic rings. The fourth-order valence-electron chi connectivity index (χ4n) is 1.29. The smallest absolute Gasteiger partial charge is 0.312 e. The number of carbonyl (C=O) groups excluding carboxylic acids is 1. The molecule has 2 nitrogen and oxygen atoms in total. The fourth-order valence-corrected chi connectivity index (χ4v) is 2.51. The first-order chi connectivity index (χ1) is 8.47. The maximum Gasteiger partial charge on any atom is 0.312 e. The maximum atomic E-state index is 11.7. The van der Waals surface area contributed by atoms with E-state index in [9.17, 15) is 4.79 Å². The molecule has 0 atom stereocenters. The van der Waals surface area contributed by atoms with E-state index < -0.39 is 5.41 Å². The lowest BCUT2D eigenvalue weighted by molar-refractivity contribution is -0.152. The molecule has 1 rings (SSSR count). The third kappa shape index (κ3) is 4.42. The Balaban J connectivity index is 2.55. The number of hydrogen-bond donors (Lipinski definition) is 0. The van der Waals surface area contributed by atoms with Crippen LogP contribution in [-0.2, 0) is 9.53 Å². The van der Waals surface area contributed by atoms with E-state index in [1.54, 1.807) is 0 Å². The summed E-state index contributed by atoms with van der Waals surface area (Å²) < 4.78 is 5.86. The molecular weight excluding hydrogens is 264 g/mol. The van der Waals surface area contributed by atoms with Gasteiger partial charge in [0.15, 0.2) is 0 Å². The first kappa shape index (κ1) is 15.2. The van der Waals surface area contributed by atoms with Crippen molar-refractivity contribution in [1.29, 1.82) is 0 Å². The Labute approximate surface area is 118 Å². The molecule has 0 heterocycles. The van der Waals surface area contributed by atoms with E-state index in [-0.39, 0.29) is 5.97 Å². The van der Waals surface area contributed by atoms with E-state index >= 15 is 0 Å². The van der Waals surface area contributed by atoms with Gasteiger partial charge in [0.05, 0.1) is 16.2 Å². The molecule has 0 fully saturated rings. The Morgan fingerprint density at radius 3 is 2.50 bits per heavy atom. The molecule has 0 aliphatic rings. The molecule has 0 N–H and O–H groups in total. The summed E-state index contributed by atoms with van der Waals surface area (Å²) >= 11 is 6.87. The third-order valence-electron chi connectivity index (χ3n) is 2.40. The number of thioether (sulfide) groups is 1. The average Bonchev–Trinajstić information content (AvgIpc) is 2.37. The Bertz CT molecular complexity index is 413. The van der Waals surface area contributed by atoms with Crippen molar-refractivity contribution >= 4 is 34.1 Å². The quantitative estimate of drug-likeness (QED) is 0.608. The largest absolute Gasteiger partial charge is 0.466 e. The number of hydrogen-bond acceptors (Lipinski definition) is 4. The lowest BCUT2D eigenvalue weighted by Gasteiger charge is -2.21. The minimum Gasteiger partial charge on any atom is -0.466 e. The summed E-state index contributed by atoms with van der Waals surface area (Å²) in [5, 5.41) is 0. The standard InChI is InChI=1S/C14H18O2S2/c1-4-16-13(15)14(2,3)10-18-12(17)11-8-6-5-7-9-11/h5-9H,4,10H2,1-3H3. The molecule has 0 aliphatic heterocycles. The average molecular weight is 282 g/mol. The Kier molecular flexibility index (Phi) is 5.82. The first-order valence-corrected chi connectivity index (χ1v) is 7.26. The molecule has 0 saturated carbocycles. The molecule has 18 heavy (non-hydrogen) atoms. The molecule has 0 unspecified atom stereocenters. The monoisotopic (exact) mass is 282 g/mol. The maximum absolute atomic E-state index is 11.7. The van der Waals surface area contributed by atoms with Crippen LogP contribution in [0.3, 0.4) is 0 Å². The van der Waals surface area contributed by atoms with E-state index in [4.69, 9.17) is 17.0 Å². The van der Waals surface area contributed by atoms with Crippen LogP contribution in [0.5, 0.6) is 0 Å². The molecule has 0 aliphatic carbocycles. The number of benzene rings is 1. The molecule has 0 bridgehead atoms. The van der Waals surface area contributed by atoms with E-state index in [0.29, 0.717) is 12.4 Å². The predicted octanol–water partition coefficient (Wildman–Crippen LogP) is 3.68. The van der Waals surface area contributed by atoms with Crippen LogP contribution in [0.1, 0.15) is 26.3 Å². The van der Waals surface area contributed by atoms with Gasteiger partial charge in [0, 0.05) is 5.75 Å². The molecular formula is C14H18O2S2. The molecule has 0 amide bonds. The van der Waals surface area contributed by atoms with Gasteiger partial charge in [-0.05, 0) is 26.3 Å². The Morgan fingerprint density at radius 2 is 1.94 bits per heavy atom. The molecule has 0 radical (unpaired) electrons. The zero-order valence-electron chi connectivity index (χ0n) is 10.9. The Morgan fingerprint density at radius 1 is 1.33 bits per heavy atom. The molecule has 98 valence electrons. The number of rotatable bonds is 5. The minimum atomic E-state index is -0.514. The van der Waals surface area contributed by atoms with Gasteiger partial charge in [0.25, 0.3) is 0 Å². The number of carbonyl (C=O) groups is 1. The topological polar surface area (TPSA) is 26.3 Å².